The van der Waals surface area contributed by atoms with Gasteiger partial charge in [0.25, 0.3) is 0 Å². The highest BCUT2D eigenvalue weighted by Gasteiger charge is 2.04. The molecule has 3 rings (SSSR count). The van der Waals surface area contributed by atoms with Gasteiger partial charge in [0, 0.05) is 22.7 Å². The zero-order valence-electron chi connectivity index (χ0n) is 11.2. The summed E-state index contributed by atoms with van der Waals surface area (Å²) in [7, 11) is 0. The van der Waals surface area contributed by atoms with Gasteiger partial charge in [0.2, 0.25) is 0 Å². The van der Waals surface area contributed by atoms with Gasteiger partial charge in [-0.25, -0.2) is 0 Å². The number of aromatic amines is 1. The summed E-state index contributed by atoms with van der Waals surface area (Å²) in [5.41, 5.74) is 4.84. The third-order valence-corrected chi connectivity index (χ3v) is 3.31. The topological polar surface area (TPSA) is 25.0 Å². The zero-order valence-corrected chi connectivity index (χ0v) is 11.2. The largest absolute Gasteiger partial charge is 0.489 e. The number of benzene rings is 2. The Morgan fingerprint density at radius 3 is 2.68 bits per heavy atom. The van der Waals surface area contributed by atoms with Crippen molar-refractivity contribution in [2.75, 3.05) is 0 Å². The van der Waals surface area contributed by atoms with Crippen LogP contribution in [-0.2, 0) is 6.61 Å². The van der Waals surface area contributed by atoms with Crippen LogP contribution < -0.4 is 4.74 Å². The summed E-state index contributed by atoms with van der Waals surface area (Å²) >= 11 is 0. The Labute approximate surface area is 113 Å². The lowest BCUT2D eigenvalue weighted by atomic mass is 10.1. The molecule has 1 N–H and O–H groups in total. The average Bonchev–Trinajstić information content (AvgIpc) is 2.79. The van der Waals surface area contributed by atoms with Crippen LogP contribution in [0.1, 0.15) is 16.7 Å². The molecule has 96 valence electrons. The highest BCUT2D eigenvalue weighted by molar-refractivity contribution is 5.83. The highest BCUT2D eigenvalue weighted by atomic mass is 16.5. The molecule has 0 fully saturated rings. The van der Waals surface area contributed by atoms with Gasteiger partial charge in [-0.15, -0.1) is 0 Å². The van der Waals surface area contributed by atoms with E-state index < -0.39 is 0 Å². The summed E-state index contributed by atoms with van der Waals surface area (Å²) in [6.45, 7) is 4.77. The Hall–Kier alpha value is -2.22. The normalized spacial score (nSPS) is 10.8. The third kappa shape index (κ3) is 2.48. The third-order valence-electron chi connectivity index (χ3n) is 3.31. The molecule has 3 aromatic rings. The van der Waals surface area contributed by atoms with Crippen LogP contribution in [0.5, 0.6) is 5.75 Å². The van der Waals surface area contributed by atoms with E-state index in [9.17, 15) is 0 Å². The SMILES string of the molecule is Cc1cccc(OCc2c[nH]c3ccc(C)cc23)c1. The maximum Gasteiger partial charge on any atom is 0.120 e. The van der Waals surface area contributed by atoms with E-state index in [0.29, 0.717) is 6.61 Å². The number of ether oxygens (including phenoxy) is 1. The molecular weight excluding hydrogens is 234 g/mol. The Bertz CT molecular complexity index is 712. The fourth-order valence-electron chi connectivity index (χ4n) is 2.28. The number of aryl methyl sites for hydroxylation is 2. The van der Waals surface area contributed by atoms with E-state index in [-0.39, 0.29) is 0 Å². The first-order valence-electron chi connectivity index (χ1n) is 6.48. The fraction of sp³-hybridized carbons (Fsp3) is 0.176. The van der Waals surface area contributed by atoms with Crippen LogP contribution in [0.2, 0.25) is 0 Å². The van der Waals surface area contributed by atoms with Crippen LogP contribution in [0.3, 0.4) is 0 Å². The lowest BCUT2D eigenvalue weighted by molar-refractivity contribution is 0.307. The smallest absolute Gasteiger partial charge is 0.120 e. The average molecular weight is 251 g/mol. The number of rotatable bonds is 3. The van der Waals surface area contributed by atoms with Gasteiger partial charge in [-0.05, 0) is 43.7 Å². The van der Waals surface area contributed by atoms with Gasteiger partial charge in [0.15, 0.2) is 0 Å². The molecule has 0 amide bonds. The molecule has 0 bridgehead atoms. The number of hydrogen-bond donors (Lipinski definition) is 1. The number of H-pyrrole nitrogens is 1. The van der Waals surface area contributed by atoms with Crippen LogP contribution in [0, 0.1) is 13.8 Å². The van der Waals surface area contributed by atoms with Crippen LogP contribution in [0.15, 0.2) is 48.7 Å². The van der Waals surface area contributed by atoms with Crippen LogP contribution >= 0.6 is 0 Å². The van der Waals surface area contributed by atoms with E-state index in [1.54, 1.807) is 0 Å². The number of fused-ring (bicyclic) bond motifs is 1. The lowest BCUT2D eigenvalue weighted by Crippen LogP contribution is -1.94. The standard InChI is InChI=1S/C17H17NO/c1-12-4-3-5-15(8-12)19-11-14-10-18-17-7-6-13(2)9-16(14)17/h3-10,18H,11H2,1-2H3. The second-order valence-corrected chi connectivity index (χ2v) is 4.97. The molecule has 0 aliphatic heterocycles. The Kier molecular flexibility index (Phi) is 3.00. The van der Waals surface area contributed by atoms with Crippen LogP contribution in [0.25, 0.3) is 10.9 Å². The molecule has 0 aliphatic carbocycles. The molecule has 0 aliphatic rings. The number of nitrogens with one attached hydrogen (secondary N) is 1. The fourth-order valence-corrected chi connectivity index (χ4v) is 2.28. The molecular formula is C17H17NO. The van der Waals surface area contributed by atoms with E-state index in [2.05, 4.69) is 49.2 Å². The van der Waals surface area contributed by atoms with Crippen molar-refractivity contribution in [3.8, 4) is 5.75 Å². The molecule has 2 aromatic carbocycles. The van der Waals surface area contributed by atoms with Gasteiger partial charge in [0.05, 0.1) is 0 Å². The van der Waals surface area contributed by atoms with Gasteiger partial charge in [-0.3, -0.25) is 0 Å². The minimum Gasteiger partial charge on any atom is -0.489 e. The monoisotopic (exact) mass is 251 g/mol. The molecule has 1 heterocycles. The molecule has 2 nitrogen and oxygen atoms in total. The van der Waals surface area contributed by atoms with E-state index in [1.807, 2.05) is 18.3 Å². The predicted molar refractivity (Wildman–Crippen MR) is 78.5 cm³/mol. The second kappa shape index (κ2) is 4.81. The van der Waals surface area contributed by atoms with Crippen molar-refractivity contribution in [3.63, 3.8) is 0 Å². The summed E-state index contributed by atoms with van der Waals surface area (Å²) in [5, 5.41) is 1.24. The maximum absolute atomic E-state index is 5.86. The Balaban J connectivity index is 1.84. The highest BCUT2D eigenvalue weighted by Crippen LogP contribution is 2.22. The van der Waals surface area contributed by atoms with Crippen molar-refractivity contribution < 1.29 is 4.74 Å². The Morgan fingerprint density at radius 2 is 1.84 bits per heavy atom. The van der Waals surface area contributed by atoms with Gasteiger partial charge >= 0.3 is 0 Å². The summed E-state index contributed by atoms with van der Waals surface area (Å²) in [4.78, 5) is 3.28. The molecule has 2 heteroatoms. The molecule has 19 heavy (non-hydrogen) atoms. The van der Waals surface area contributed by atoms with E-state index in [1.165, 1.54) is 22.1 Å². The molecule has 0 saturated carbocycles. The van der Waals surface area contributed by atoms with Crippen LogP contribution in [0.4, 0.5) is 0 Å². The summed E-state index contributed by atoms with van der Waals surface area (Å²) in [6.07, 6.45) is 2.03. The van der Waals surface area contributed by atoms with Gasteiger partial charge in [0.1, 0.15) is 12.4 Å². The van der Waals surface area contributed by atoms with Gasteiger partial charge < -0.3 is 9.72 Å². The predicted octanol–water partition coefficient (Wildman–Crippen LogP) is 4.36. The second-order valence-electron chi connectivity index (χ2n) is 4.97. The Morgan fingerprint density at radius 1 is 1.00 bits per heavy atom. The number of aromatic nitrogens is 1. The van der Waals surface area contributed by atoms with E-state index in [0.717, 1.165) is 11.3 Å². The summed E-state index contributed by atoms with van der Waals surface area (Å²) < 4.78 is 5.86. The summed E-state index contributed by atoms with van der Waals surface area (Å²) in [5.74, 6) is 0.919. The van der Waals surface area contributed by atoms with Crippen molar-refractivity contribution in [1.29, 1.82) is 0 Å². The zero-order chi connectivity index (χ0) is 13.2. The molecule has 0 radical (unpaired) electrons. The molecule has 0 spiro atoms. The first-order valence-corrected chi connectivity index (χ1v) is 6.48. The van der Waals surface area contributed by atoms with Crippen molar-refractivity contribution in [1.82, 2.24) is 4.98 Å². The first-order chi connectivity index (χ1) is 9.22. The van der Waals surface area contributed by atoms with E-state index >= 15 is 0 Å². The molecule has 0 unspecified atom stereocenters. The van der Waals surface area contributed by atoms with Crippen molar-refractivity contribution in [3.05, 3.63) is 65.4 Å². The van der Waals surface area contributed by atoms with E-state index in [4.69, 9.17) is 4.74 Å². The van der Waals surface area contributed by atoms with Gasteiger partial charge in [-0.1, -0.05) is 23.8 Å². The minimum atomic E-state index is 0.590. The minimum absolute atomic E-state index is 0.590. The first kappa shape index (κ1) is 11.8. The molecule has 1 aromatic heterocycles. The van der Waals surface area contributed by atoms with Crippen LogP contribution in [-0.4, -0.2) is 4.98 Å². The summed E-state index contributed by atoms with van der Waals surface area (Å²) in [6, 6.07) is 14.6. The lowest BCUT2D eigenvalue weighted by Gasteiger charge is -2.06. The van der Waals surface area contributed by atoms with Crippen molar-refractivity contribution >= 4 is 10.9 Å². The molecule has 0 saturated heterocycles. The van der Waals surface area contributed by atoms with Gasteiger partial charge in [-0.2, -0.15) is 0 Å². The maximum atomic E-state index is 5.86. The number of hydrogen-bond acceptors (Lipinski definition) is 1. The van der Waals surface area contributed by atoms with Crippen molar-refractivity contribution in [2.45, 2.75) is 20.5 Å². The molecule has 0 atom stereocenters. The van der Waals surface area contributed by atoms with Crippen molar-refractivity contribution in [2.24, 2.45) is 0 Å². The quantitative estimate of drug-likeness (QED) is 0.735.